The van der Waals surface area contributed by atoms with Crippen molar-refractivity contribution in [3.05, 3.63) is 59.7 Å². The minimum atomic E-state index is -1.07. The number of hydrogen-bond acceptors (Lipinski definition) is 7. The summed E-state index contributed by atoms with van der Waals surface area (Å²) in [6.45, 7) is 8.21. The second-order valence-electron chi connectivity index (χ2n) is 11.5. The summed E-state index contributed by atoms with van der Waals surface area (Å²) in [5.41, 5.74) is 2.44. The van der Waals surface area contributed by atoms with Crippen molar-refractivity contribution in [2.24, 2.45) is 7.05 Å². The van der Waals surface area contributed by atoms with Crippen LogP contribution in [0.2, 0.25) is 0 Å². The van der Waals surface area contributed by atoms with Gasteiger partial charge in [0.15, 0.2) is 0 Å². The number of ether oxygens (including phenoxy) is 2. The van der Waals surface area contributed by atoms with Crippen LogP contribution in [-0.4, -0.2) is 76.7 Å². The normalized spacial score (nSPS) is 12.8. The maximum atomic E-state index is 13.6. The van der Waals surface area contributed by atoms with Crippen molar-refractivity contribution in [3.8, 4) is 0 Å². The van der Waals surface area contributed by atoms with Crippen molar-refractivity contribution < 1.29 is 28.2 Å². The number of halogens is 3. The first-order valence-corrected chi connectivity index (χ1v) is 15.9. The third kappa shape index (κ3) is 10.8. The highest BCUT2D eigenvalue weighted by Crippen LogP contribution is 2.24. The number of aromatic nitrogens is 2. The van der Waals surface area contributed by atoms with E-state index >= 15 is 0 Å². The van der Waals surface area contributed by atoms with Crippen LogP contribution in [0.5, 0.6) is 0 Å². The molecular weight excluding hydrogens is 624 g/mol. The Morgan fingerprint density at radius 3 is 2.29 bits per heavy atom. The molecule has 0 fully saturated rings. The SMILES string of the molecule is CCOC(=O)[C@H](Cc1ccc(F)cc1)NC(=O)[C@H](CCc1nc2cc(N(CCCl)CCCl)ccc2n1C)NC(=O)OC(C)(C)C. The second-order valence-corrected chi connectivity index (χ2v) is 12.3. The number of benzene rings is 2. The molecule has 2 amide bonds. The molecule has 0 spiro atoms. The smallest absolute Gasteiger partial charge is 0.408 e. The van der Waals surface area contributed by atoms with Gasteiger partial charge >= 0.3 is 12.1 Å². The van der Waals surface area contributed by atoms with Gasteiger partial charge in [-0.05, 0) is 70.0 Å². The lowest BCUT2D eigenvalue weighted by Crippen LogP contribution is -2.53. The zero-order valence-corrected chi connectivity index (χ0v) is 27.9. The molecule has 1 aromatic heterocycles. The van der Waals surface area contributed by atoms with Gasteiger partial charge in [0.1, 0.15) is 29.3 Å². The van der Waals surface area contributed by atoms with Crippen LogP contribution in [0.1, 0.15) is 45.5 Å². The topological polar surface area (TPSA) is 115 Å². The number of alkyl halides is 2. The molecule has 0 unspecified atom stereocenters. The van der Waals surface area contributed by atoms with Crippen molar-refractivity contribution in [1.29, 1.82) is 0 Å². The average Bonchev–Trinajstić information content (AvgIpc) is 3.29. The van der Waals surface area contributed by atoms with E-state index in [4.69, 9.17) is 37.7 Å². The summed E-state index contributed by atoms with van der Waals surface area (Å²) in [5, 5.41) is 5.38. The molecule has 0 aliphatic carbocycles. The summed E-state index contributed by atoms with van der Waals surface area (Å²) < 4.78 is 26.0. The first kappa shape index (κ1) is 35.9. The summed E-state index contributed by atoms with van der Waals surface area (Å²) in [5.74, 6) is -0.0532. The number of aryl methyl sites for hydroxylation is 2. The van der Waals surface area contributed by atoms with Crippen LogP contribution in [0.3, 0.4) is 0 Å². The van der Waals surface area contributed by atoms with Gasteiger partial charge in [0.25, 0.3) is 0 Å². The van der Waals surface area contributed by atoms with E-state index in [1.54, 1.807) is 27.7 Å². The third-order valence-electron chi connectivity index (χ3n) is 6.94. The fraction of sp³-hybridized carbons (Fsp3) is 0.500. The highest BCUT2D eigenvalue weighted by Gasteiger charge is 2.30. The van der Waals surface area contributed by atoms with Crippen LogP contribution >= 0.6 is 23.2 Å². The number of anilines is 1. The van der Waals surface area contributed by atoms with Gasteiger partial charge in [0.2, 0.25) is 5.91 Å². The molecule has 0 aliphatic rings. The molecule has 2 aromatic carbocycles. The fourth-order valence-corrected chi connectivity index (χ4v) is 5.20. The Hall–Kier alpha value is -3.57. The molecule has 1 heterocycles. The standard InChI is InChI=1S/C32H42Cl2FN5O5/c1-6-44-30(42)26(19-21-7-9-22(35)10-8-21)37-29(41)24(38-31(43)45-32(2,3)4)12-14-28-36-25-20-23(11-13-27(25)39(28)5)40(17-15-33)18-16-34/h7-11,13,20,24,26H,6,12,14-19H2,1-5H3,(H,37,41)(H,38,43)/t24-,26-/m0/s1. The van der Waals surface area contributed by atoms with Gasteiger partial charge in [-0.2, -0.15) is 0 Å². The van der Waals surface area contributed by atoms with E-state index in [1.165, 1.54) is 24.3 Å². The first-order valence-electron chi connectivity index (χ1n) is 14.9. The summed E-state index contributed by atoms with van der Waals surface area (Å²) in [6.07, 6.45) is -0.223. The highest BCUT2D eigenvalue weighted by atomic mass is 35.5. The van der Waals surface area contributed by atoms with Crippen molar-refractivity contribution in [2.45, 2.75) is 64.6 Å². The lowest BCUT2D eigenvalue weighted by atomic mass is 10.0. The highest BCUT2D eigenvalue weighted by molar-refractivity contribution is 6.18. The van der Waals surface area contributed by atoms with E-state index in [9.17, 15) is 18.8 Å². The number of hydrogen-bond donors (Lipinski definition) is 2. The molecule has 10 nitrogen and oxygen atoms in total. The number of alkyl carbamates (subject to hydrolysis) is 1. The Morgan fingerprint density at radius 2 is 1.69 bits per heavy atom. The number of rotatable bonds is 15. The Balaban J connectivity index is 1.84. The van der Waals surface area contributed by atoms with Crippen LogP contribution in [0.15, 0.2) is 42.5 Å². The van der Waals surface area contributed by atoms with E-state index < -0.39 is 41.5 Å². The Kier molecular flexibility index (Phi) is 13.3. The zero-order valence-electron chi connectivity index (χ0n) is 26.4. The Morgan fingerprint density at radius 1 is 1.02 bits per heavy atom. The number of nitrogens with zero attached hydrogens (tertiary/aromatic N) is 3. The van der Waals surface area contributed by atoms with E-state index in [1.807, 2.05) is 29.8 Å². The van der Waals surface area contributed by atoms with Gasteiger partial charge < -0.3 is 29.6 Å². The number of fused-ring (bicyclic) bond motifs is 1. The maximum Gasteiger partial charge on any atom is 0.408 e. The monoisotopic (exact) mass is 665 g/mol. The maximum absolute atomic E-state index is 13.6. The van der Waals surface area contributed by atoms with Crippen LogP contribution in [-0.2, 0) is 39.0 Å². The molecule has 3 aromatic rings. The second kappa shape index (κ2) is 16.7. The molecule has 246 valence electrons. The molecule has 0 aliphatic heterocycles. The molecule has 0 radical (unpaired) electrons. The van der Waals surface area contributed by atoms with Gasteiger partial charge in [-0.25, -0.2) is 19.0 Å². The molecule has 2 N–H and O–H groups in total. The predicted molar refractivity (Wildman–Crippen MR) is 175 cm³/mol. The number of nitrogens with one attached hydrogen (secondary N) is 2. The number of carbonyl (C=O) groups excluding carboxylic acids is 3. The van der Waals surface area contributed by atoms with Crippen molar-refractivity contribution >= 4 is 57.9 Å². The first-order chi connectivity index (χ1) is 21.3. The molecule has 45 heavy (non-hydrogen) atoms. The van der Waals surface area contributed by atoms with Crippen LogP contribution in [0, 0.1) is 5.82 Å². The number of carbonyl (C=O) groups is 3. The van der Waals surface area contributed by atoms with E-state index in [0.717, 1.165) is 16.7 Å². The molecular formula is C32H42Cl2FN5O5. The summed E-state index contributed by atoms with van der Waals surface area (Å²) in [4.78, 5) is 46.1. The van der Waals surface area contributed by atoms with E-state index in [0.29, 0.717) is 42.7 Å². The molecule has 2 atom stereocenters. The van der Waals surface area contributed by atoms with Crippen LogP contribution in [0.25, 0.3) is 11.0 Å². The molecule has 3 rings (SSSR count). The predicted octanol–water partition coefficient (Wildman–Crippen LogP) is 5.11. The van der Waals surface area contributed by atoms with E-state index in [2.05, 4.69) is 15.5 Å². The van der Waals surface area contributed by atoms with Gasteiger partial charge in [-0.15, -0.1) is 23.2 Å². The summed E-state index contributed by atoms with van der Waals surface area (Å²) >= 11 is 12.0. The Labute approximate surface area is 273 Å². The van der Waals surface area contributed by atoms with Gasteiger partial charge in [-0.3, -0.25) is 4.79 Å². The van der Waals surface area contributed by atoms with Gasteiger partial charge in [-0.1, -0.05) is 12.1 Å². The largest absolute Gasteiger partial charge is 0.464 e. The van der Waals surface area contributed by atoms with Crippen molar-refractivity contribution in [1.82, 2.24) is 20.2 Å². The fourth-order valence-electron chi connectivity index (χ4n) is 4.79. The molecule has 13 heteroatoms. The number of esters is 1. The lowest BCUT2D eigenvalue weighted by Gasteiger charge is -2.25. The third-order valence-corrected chi connectivity index (χ3v) is 7.27. The van der Waals surface area contributed by atoms with Crippen LogP contribution in [0.4, 0.5) is 14.9 Å². The summed E-state index contributed by atoms with van der Waals surface area (Å²) in [6, 6.07) is 9.42. The average molecular weight is 667 g/mol. The Bertz CT molecular complexity index is 1440. The van der Waals surface area contributed by atoms with Crippen molar-refractivity contribution in [3.63, 3.8) is 0 Å². The number of amides is 2. The number of imidazole rings is 1. The molecule has 0 bridgehead atoms. The molecule has 0 saturated carbocycles. The van der Waals surface area contributed by atoms with Crippen molar-refractivity contribution in [2.75, 3.05) is 36.4 Å². The van der Waals surface area contributed by atoms with Crippen LogP contribution < -0.4 is 15.5 Å². The van der Waals surface area contributed by atoms with E-state index in [-0.39, 0.29) is 19.4 Å². The van der Waals surface area contributed by atoms with Gasteiger partial charge in [0, 0.05) is 50.4 Å². The quantitative estimate of drug-likeness (QED) is 0.171. The lowest BCUT2D eigenvalue weighted by molar-refractivity contribution is -0.147. The minimum absolute atomic E-state index is 0.0710. The zero-order chi connectivity index (χ0) is 33.1. The summed E-state index contributed by atoms with van der Waals surface area (Å²) in [7, 11) is 1.88. The van der Waals surface area contributed by atoms with Gasteiger partial charge in [0.05, 0.1) is 17.6 Å². The minimum Gasteiger partial charge on any atom is -0.464 e. The molecule has 0 saturated heterocycles.